The van der Waals surface area contributed by atoms with E-state index in [4.69, 9.17) is 0 Å². The molecule has 0 spiro atoms. The van der Waals surface area contributed by atoms with Crippen LogP contribution in [0.3, 0.4) is 0 Å². The van der Waals surface area contributed by atoms with Crippen LogP contribution in [0.4, 0.5) is 13.2 Å². The second-order valence-electron chi connectivity index (χ2n) is 8.24. The zero-order valence-corrected chi connectivity index (χ0v) is 17.1. The van der Waals surface area contributed by atoms with Crippen molar-refractivity contribution in [3.63, 3.8) is 0 Å². The molecule has 3 aromatic heterocycles. The minimum atomic E-state index is -4.32. The molecule has 0 atom stereocenters. The number of halogens is 3. The number of nitrogens with zero attached hydrogens (tertiary/aromatic N) is 6. The van der Waals surface area contributed by atoms with Crippen LogP contribution in [0.15, 0.2) is 31.2 Å². The Morgan fingerprint density at radius 2 is 1.87 bits per heavy atom. The van der Waals surface area contributed by atoms with E-state index >= 15 is 0 Å². The molecule has 1 saturated carbocycles. The van der Waals surface area contributed by atoms with Gasteiger partial charge >= 0.3 is 6.18 Å². The Kier molecular flexibility index (Phi) is 5.42. The Balaban J connectivity index is 1.41. The largest absolute Gasteiger partial charge is 0.406 e. The van der Waals surface area contributed by atoms with Crippen LogP contribution in [-0.4, -0.2) is 58.8 Å². The van der Waals surface area contributed by atoms with E-state index in [1.807, 2.05) is 0 Å². The minimum absolute atomic E-state index is 0.135. The summed E-state index contributed by atoms with van der Waals surface area (Å²) in [4.78, 5) is 25.4. The predicted molar refractivity (Wildman–Crippen MR) is 105 cm³/mol. The molecule has 166 valence electrons. The number of alkyl halides is 3. The van der Waals surface area contributed by atoms with Crippen molar-refractivity contribution in [2.75, 3.05) is 0 Å². The number of hydrogen-bond acceptors (Lipinski definition) is 6. The fourth-order valence-corrected chi connectivity index (χ4v) is 3.71. The van der Waals surface area contributed by atoms with Crippen LogP contribution in [0.25, 0.3) is 11.5 Å². The number of carbonyl (C=O) groups is 1. The smallest absolute Gasteiger partial charge is 0.348 e. The van der Waals surface area contributed by atoms with Gasteiger partial charge in [-0.2, -0.15) is 18.3 Å². The molecular formula is C19H23F3N8O. The van der Waals surface area contributed by atoms with E-state index in [0.29, 0.717) is 37.1 Å². The lowest BCUT2D eigenvalue weighted by atomic mass is 9.89. The summed E-state index contributed by atoms with van der Waals surface area (Å²) in [5, 5.41) is 9.74. The quantitative estimate of drug-likeness (QED) is 0.636. The van der Waals surface area contributed by atoms with Crippen molar-refractivity contribution in [3.05, 3.63) is 36.9 Å². The number of amides is 1. The van der Waals surface area contributed by atoms with Gasteiger partial charge in [0.15, 0.2) is 11.5 Å². The summed E-state index contributed by atoms with van der Waals surface area (Å²) < 4.78 is 42.4. The van der Waals surface area contributed by atoms with E-state index in [9.17, 15) is 18.0 Å². The summed E-state index contributed by atoms with van der Waals surface area (Å²) in [6.45, 7) is 2.29. The molecular weight excluding hydrogens is 413 g/mol. The first kappa shape index (κ1) is 21.2. The van der Waals surface area contributed by atoms with Gasteiger partial charge in [-0.05, 0) is 39.5 Å². The van der Waals surface area contributed by atoms with Crippen molar-refractivity contribution in [2.24, 2.45) is 0 Å². The second kappa shape index (κ2) is 7.91. The third-order valence-corrected chi connectivity index (χ3v) is 5.56. The van der Waals surface area contributed by atoms with Crippen molar-refractivity contribution in [1.29, 1.82) is 0 Å². The van der Waals surface area contributed by atoms with Gasteiger partial charge in [-0.15, -0.1) is 0 Å². The van der Waals surface area contributed by atoms with Crippen LogP contribution < -0.4 is 10.6 Å². The van der Waals surface area contributed by atoms with E-state index < -0.39 is 11.7 Å². The lowest BCUT2D eigenvalue weighted by Gasteiger charge is -2.37. The molecule has 1 aliphatic carbocycles. The molecule has 1 amide bonds. The average molecular weight is 436 g/mol. The number of nitrogens with one attached hydrogen (secondary N) is 2. The maximum atomic E-state index is 13.1. The highest BCUT2D eigenvalue weighted by molar-refractivity contribution is 5.92. The monoisotopic (exact) mass is 436 g/mol. The molecule has 0 radical (unpaired) electrons. The molecule has 0 saturated heterocycles. The summed E-state index contributed by atoms with van der Waals surface area (Å²) in [6, 6.07) is -0.383. The number of fused-ring (bicyclic) bond motifs is 1. The Morgan fingerprint density at radius 1 is 1.16 bits per heavy atom. The maximum absolute atomic E-state index is 13.1. The summed E-state index contributed by atoms with van der Waals surface area (Å²) in [5.41, 5.74) is -1.30. The molecule has 0 unspecified atom stereocenters. The topological polar surface area (TPSA) is 102 Å². The highest BCUT2D eigenvalue weighted by atomic mass is 19.4. The fourth-order valence-electron chi connectivity index (χ4n) is 3.71. The van der Waals surface area contributed by atoms with Gasteiger partial charge in [0.2, 0.25) is 0 Å². The zero-order valence-electron chi connectivity index (χ0n) is 17.1. The Labute approximate surface area is 176 Å². The van der Waals surface area contributed by atoms with E-state index in [2.05, 4.69) is 30.7 Å². The van der Waals surface area contributed by atoms with Gasteiger partial charge in [-0.3, -0.25) is 9.36 Å². The molecule has 0 aliphatic heterocycles. The van der Waals surface area contributed by atoms with E-state index in [-0.39, 0.29) is 23.7 Å². The molecule has 1 fully saturated rings. The first-order chi connectivity index (χ1) is 14.6. The standard InChI is InChI=1S/C19H23F3N8O/c1-18(2,19(20,21)22)28-13-5-3-12(4-6-13)26-17(31)14-9-30-15(24-10-25-30)16(27-14)29-8-7-23-11-29/h7-13,28H,3-6H2,1-2H3,(H,26,31). The fraction of sp³-hybridized carbons (Fsp3) is 0.526. The van der Waals surface area contributed by atoms with E-state index in [1.165, 1.54) is 17.0 Å². The van der Waals surface area contributed by atoms with E-state index in [1.54, 1.807) is 23.3 Å². The van der Waals surface area contributed by atoms with E-state index in [0.717, 1.165) is 13.8 Å². The number of carbonyl (C=O) groups excluding carboxylic acids is 1. The van der Waals surface area contributed by atoms with Crippen molar-refractivity contribution in [2.45, 2.75) is 63.3 Å². The third kappa shape index (κ3) is 4.38. The summed E-state index contributed by atoms with van der Waals surface area (Å²) in [6.07, 6.45) is 5.62. The molecule has 1 aliphatic rings. The van der Waals surface area contributed by atoms with Crippen molar-refractivity contribution >= 4 is 11.6 Å². The van der Waals surface area contributed by atoms with Gasteiger partial charge in [0.25, 0.3) is 5.91 Å². The lowest BCUT2D eigenvalue weighted by Crippen LogP contribution is -2.57. The number of hydrogen-bond donors (Lipinski definition) is 2. The van der Waals surface area contributed by atoms with Crippen LogP contribution in [0.2, 0.25) is 0 Å². The highest BCUT2D eigenvalue weighted by Gasteiger charge is 2.48. The molecule has 0 aromatic carbocycles. The summed E-state index contributed by atoms with van der Waals surface area (Å²) >= 11 is 0. The first-order valence-electron chi connectivity index (χ1n) is 9.98. The van der Waals surface area contributed by atoms with Crippen LogP contribution in [0, 0.1) is 0 Å². The summed E-state index contributed by atoms with van der Waals surface area (Å²) in [7, 11) is 0. The van der Waals surface area contributed by atoms with Gasteiger partial charge in [0, 0.05) is 24.5 Å². The van der Waals surface area contributed by atoms with Crippen LogP contribution >= 0.6 is 0 Å². The normalized spacial score (nSPS) is 20.2. The van der Waals surface area contributed by atoms with Gasteiger partial charge in [-0.1, -0.05) is 0 Å². The molecule has 12 heteroatoms. The van der Waals surface area contributed by atoms with Gasteiger partial charge in [-0.25, -0.2) is 19.5 Å². The molecule has 3 aromatic rings. The Hall–Kier alpha value is -3.02. The Morgan fingerprint density at radius 3 is 2.52 bits per heavy atom. The highest BCUT2D eigenvalue weighted by Crippen LogP contribution is 2.32. The van der Waals surface area contributed by atoms with Crippen LogP contribution in [-0.2, 0) is 0 Å². The summed E-state index contributed by atoms with van der Waals surface area (Å²) in [5.74, 6) is 0.0516. The molecule has 2 N–H and O–H groups in total. The Bertz CT molecular complexity index is 1050. The molecule has 9 nitrogen and oxygen atoms in total. The zero-order chi connectivity index (χ0) is 22.2. The van der Waals surface area contributed by atoms with Gasteiger partial charge in [0.05, 0.1) is 6.20 Å². The molecule has 31 heavy (non-hydrogen) atoms. The van der Waals surface area contributed by atoms with Crippen LogP contribution in [0.1, 0.15) is 50.0 Å². The SMILES string of the molecule is CC(C)(NC1CCC(NC(=O)c2cn3ncnc3c(-n3ccnc3)n2)CC1)C(F)(F)F. The molecule has 0 bridgehead atoms. The molecule has 4 rings (SSSR count). The number of rotatable bonds is 5. The average Bonchev–Trinajstić information content (AvgIpc) is 3.39. The first-order valence-corrected chi connectivity index (χ1v) is 9.98. The van der Waals surface area contributed by atoms with Crippen molar-refractivity contribution in [1.82, 2.24) is 39.8 Å². The van der Waals surface area contributed by atoms with Crippen molar-refractivity contribution < 1.29 is 18.0 Å². The van der Waals surface area contributed by atoms with Crippen LogP contribution in [0.5, 0.6) is 0 Å². The third-order valence-electron chi connectivity index (χ3n) is 5.56. The van der Waals surface area contributed by atoms with Gasteiger partial charge in [0.1, 0.15) is 23.9 Å². The second-order valence-corrected chi connectivity index (χ2v) is 8.24. The number of aromatic nitrogens is 6. The molecule has 3 heterocycles. The predicted octanol–water partition coefficient (Wildman–Crippen LogP) is 2.28. The lowest BCUT2D eigenvalue weighted by molar-refractivity contribution is -0.188. The number of imidazole rings is 1. The minimum Gasteiger partial charge on any atom is -0.348 e. The maximum Gasteiger partial charge on any atom is 0.406 e. The van der Waals surface area contributed by atoms with Crippen molar-refractivity contribution in [3.8, 4) is 5.82 Å². The van der Waals surface area contributed by atoms with Gasteiger partial charge < -0.3 is 10.6 Å².